The Hall–Kier alpha value is -2.68. The number of nitrogens with zero attached hydrogens (tertiary/aromatic N) is 1. The largest absolute Gasteiger partial charge is 0.508 e. The number of carbonyl (C=O) groups excluding carboxylic acids is 1. The maximum Gasteiger partial charge on any atom is 0.212 e. The molecule has 2 aromatic carbocycles. The molecule has 0 radical (unpaired) electrons. The van der Waals surface area contributed by atoms with Crippen LogP contribution in [-0.4, -0.2) is 15.9 Å². The number of hydrogen-bond donors (Lipinski definition) is 1. The molecule has 0 bridgehead atoms. The lowest BCUT2D eigenvalue weighted by molar-refractivity contribution is 0.103. The molecular formula is C16H9NO2. The molecule has 0 aliphatic heterocycles. The standard InChI is InChI=1S/C16H9NO2/c18-10-4-5-11-12-3-1-2-9-6-7-17-15(14(9)12)16(19)13(11)8-10/h1-8,18H. The van der Waals surface area contributed by atoms with Crippen molar-refractivity contribution >= 4 is 16.6 Å². The van der Waals surface area contributed by atoms with E-state index in [1.165, 1.54) is 6.07 Å². The number of benzene rings is 2. The highest BCUT2D eigenvalue weighted by molar-refractivity contribution is 6.24. The zero-order valence-electron chi connectivity index (χ0n) is 9.92. The van der Waals surface area contributed by atoms with Gasteiger partial charge in [-0.25, -0.2) is 0 Å². The number of carbonyl (C=O) groups is 1. The number of aromatic hydroxyl groups is 1. The second-order valence-electron chi connectivity index (χ2n) is 4.62. The predicted octanol–water partition coefficient (Wildman–Crippen LogP) is 3.15. The fourth-order valence-corrected chi connectivity index (χ4v) is 2.71. The van der Waals surface area contributed by atoms with Crippen LogP contribution in [0.25, 0.3) is 21.9 Å². The van der Waals surface area contributed by atoms with Crippen LogP contribution in [0.1, 0.15) is 16.1 Å². The van der Waals surface area contributed by atoms with Crippen molar-refractivity contribution in [3.8, 4) is 16.9 Å². The Kier molecular flexibility index (Phi) is 1.85. The van der Waals surface area contributed by atoms with Crippen molar-refractivity contribution in [2.24, 2.45) is 0 Å². The number of phenols is 1. The molecule has 1 aliphatic carbocycles. The summed E-state index contributed by atoms with van der Waals surface area (Å²) in [6.45, 7) is 0. The van der Waals surface area contributed by atoms with Gasteiger partial charge in [-0.15, -0.1) is 0 Å². The van der Waals surface area contributed by atoms with E-state index in [0.717, 1.165) is 21.9 Å². The van der Waals surface area contributed by atoms with Crippen molar-refractivity contribution in [1.29, 1.82) is 0 Å². The van der Waals surface area contributed by atoms with Crippen molar-refractivity contribution in [1.82, 2.24) is 4.98 Å². The summed E-state index contributed by atoms with van der Waals surface area (Å²) in [6.07, 6.45) is 1.65. The average molecular weight is 247 g/mol. The van der Waals surface area contributed by atoms with Crippen LogP contribution in [-0.2, 0) is 0 Å². The van der Waals surface area contributed by atoms with Gasteiger partial charge in [0, 0.05) is 17.1 Å². The Morgan fingerprint density at radius 2 is 1.84 bits per heavy atom. The maximum atomic E-state index is 12.5. The molecule has 0 saturated heterocycles. The Morgan fingerprint density at radius 3 is 2.74 bits per heavy atom. The van der Waals surface area contributed by atoms with E-state index in [-0.39, 0.29) is 11.5 Å². The summed E-state index contributed by atoms with van der Waals surface area (Å²) in [6, 6.07) is 12.7. The van der Waals surface area contributed by atoms with Crippen LogP contribution in [0.15, 0.2) is 48.7 Å². The summed E-state index contributed by atoms with van der Waals surface area (Å²) in [7, 11) is 0. The lowest BCUT2D eigenvalue weighted by atomic mass is 9.85. The van der Waals surface area contributed by atoms with Gasteiger partial charge in [-0.2, -0.15) is 0 Å². The van der Waals surface area contributed by atoms with Gasteiger partial charge in [0.1, 0.15) is 11.4 Å². The average Bonchev–Trinajstić information content (AvgIpc) is 2.44. The quantitative estimate of drug-likeness (QED) is 0.519. The number of rotatable bonds is 0. The van der Waals surface area contributed by atoms with E-state index in [9.17, 15) is 9.90 Å². The molecule has 1 N–H and O–H groups in total. The van der Waals surface area contributed by atoms with Crippen molar-refractivity contribution in [2.75, 3.05) is 0 Å². The lowest BCUT2D eigenvalue weighted by Gasteiger charge is -2.18. The van der Waals surface area contributed by atoms with E-state index in [1.54, 1.807) is 18.3 Å². The second-order valence-corrected chi connectivity index (χ2v) is 4.62. The summed E-state index contributed by atoms with van der Waals surface area (Å²) in [5.74, 6) is -0.0335. The van der Waals surface area contributed by atoms with Crippen LogP contribution in [0, 0.1) is 0 Å². The summed E-state index contributed by atoms with van der Waals surface area (Å²) < 4.78 is 0. The monoisotopic (exact) mass is 247 g/mol. The Morgan fingerprint density at radius 1 is 0.947 bits per heavy atom. The van der Waals surface area contributed by atoms with Crippen LogP contribution in [0.3, 0.4) is 0 Å². The van der Waals surface area contributed by atoms with Crippen LogP contribution < -0.4 is 0 Å². The highest BCUT2D eigenvalue weighted by atomic mass is 16.3. The van der Waals surface area contributed by atoms with Crippen LogP contribution in [0.2, 0.25) is 0 Å². The SMILES string of the molecule is O=C1c2cc(O)ccc2-c2cccc3ccnc1c23. The third-order valence-electron chi connectivity index (χ3n) is 3.54. The van der Waals surface area contributed by atoms with Gasteiger partial charge in [0.2, 0.25) is 5.78 Å². The minimum atomic E-state index is -0.129. The van der Waals surface area contributed by atoms with Gasteiger partial charge in [0.05, 0.1) is 0 Å². The lowest BCUT2D eigenvalue weighted by Crippen LogP contribution is -2.11. The number of fused-ring (bicyclic) bond motifs is 2. The third kappa shape index (κ3) is 1.27. The molecule has 90 valence electrons. The van der Waals surface area contributed by atoms with Crippen LogP contribution in [0.4, 0.5) is 0 Å². The van der Waals surface area contributed by atoms with Gasteiger partial charge in [-0.1, -0.05) is 18.2 Å². The minimum absolute atomic E-state index is 0.0960. The fourth-order valence-electron chi connectivity index (χ4n) is 2.71. The third-order valence-corrected chi connectivity index (χ3v) is 3.54. The van der Waals surface area contributed by atoms with Gasteiger partial charge in [0.15, 0.2) is 0 Å². The number of aromatic nitrogens is 1. The van der Waals surface area contributed by atoms with E-state index >= 15 is 0 Å². The first-order valence-electron chi connectivity index (χ1n) is 6.01. The van der Waals surface area contributed by atoms with Gasteiger partial charge in [0.25, 0.3) is 0 Å². The number of ketones is 1. The molecule has 3 nitrogen and oxygen atoms in total. The second kappa shape index (κ2) is 3.42. The molecule has 0 unspecified atom stereocenters. The highest BCUT2D eigenvalue weighted by Gasteiger charge is 2.26. The molecule has 0 fully saturated rings. The van der Waals surface area contributed by atoms with E-state index in [2.05, 4.69) is 4.98 Å². The molecule has 3 aromatic rings. The first-order chi connectivity index (χ1) is 9.25. The van der Waals surface area contributed by atoms with Gasteiger partial charge < -0.3 is 5.11 Å². The van der Waals surface area contributed by atoms with Crippen molar-refractivity contribution in [2.45, 2.75) is 0 Å². The Bertz CT molecular complexity index is 847. The smallest absolute Gasteiger partial charge is 0.212 e. The van der Waals surface area contributed by atoms with Crippen molar-refractivity contribution in [3.05, 3.63) is 59.9 Å². The zero-order valence-corrected chi connectivity index (χ0v) is 9.92. The first kappa shape index (κ1) is 10.3. The number of phenolic OH excluding ortho intramolecular Hbond substituents is 1. The Labute approximate surface area is 109 Å². The maximum absolute atomic E-state index is 12.5. The Balaban J connectivity index is 2.24. The predicted molar refractivity (Wildman–Crippen MR) is 72.3 cm³/mol. The molecular weight excluding hydrogens is 238 g/mol. The zero-order chi connectivity index (χ0) is 13.0. The summed E-state index contributed by atoms with van der Waals surface area (Å²) in [5.41, 5.74) is 2.83. The molecule has 3 heteroatoms. The molecule has 4 rings (SSSR count). The van der Waals surface area contributed by atoms with Crippen LogP contribution in [0.5, 0.6) is 5.75 Å². The van der Waals surface area contributed by atoms with E-state index in [1.807, 2.05) is 24.3 Å². The molecule has 0 saturated carbocycles. The summed E-state index contributed by atoms with van der Waals surface area (Å²) in [5, 5.41) is 11.5. The van der Waals surface area contributed by atoms with Gasteiger partial charge >= 0.3 is 0 Å². The van der Waals surface area contributed by atoms with Gasteiger partial charge in [-0.3, -0.25) is 9.78 Å². The van der Waals surface area contributed by atoms with E-state index in [4.69, 9.17) is 0 Å². The molecule has 1 aliphatic rings. The van der Waals surface area contributed by atoms with Crippen molar-refractivity contribution < 1.29 is 9.90 Å². The molecule has 19 heavy (non-hydrogen) atoms. The summed E-state index contributed by atoms with van der Waals surface area (Å²) >= 11 is 0. The molecule has 1 aromatic heterocycles. The molecule has 0 atom stereocenters. The minimum Gasteiger partial charge on any atom is -0.508 e. The highest BCUT2D eigenvalue weighted by Crippen LogP contribution is 2.39. The van der Waals surface area contributed by atoms with Gasteiger partial charge in [-0.05, 0) is 40.8 Å². The van der Waals surface area contributed by atoms with Crippen LogP contribution >= 0.6 is 0 Å². The van der Waals surface area contributed by atoms with E-state index in [0.29, 0.717) is 11.3 Å². The molecule has 0 spiro atoms. The fraction of sp³-hybridized carbons (Fsp3) is 0. The van der Waals surface area contributed by atoms with Crippen molar-refractivity contribution in [3.63, 3.8) is 0 Å². The first-order valence-corrected chi connectivity index (χ1v) is 6.01. The normalized spacial score (nSPS) is 12.5. The summed E-state index contributed by atoms with van der Waals surface area (Å²) in [4.78, 5) is 16.7. The molecule has 0 amide bonds. The van der Waals surface area contributed by atoms with E-state index < -0.39 is 0 Å². The topological polar surface area (TPSA) is 50.2 Å². The number of hydrogen-bond acceptors (Lipinski definition) is 3. The molecule has 1 heterocycles. The number of pyridine rings is 1.